The van der Waals surface area contributed by atoms with Gasteiger partial charge in [0.05, 0.1) is 5.39 Å². The summed E-state index contributed by atoms with van der Waals surface area (Å²) < 4.78 is 5.93. The number of amides is 1. The molecule has 1 saturated heterocycles. The van der Waals surface area contributed by atoms with Gasteiger partial charge >= 0.3 is 0 Å². The van der Waals surface area contributed by atoms with Crippen LogP contribution < -0.4 is 15.0 Å². The first kappa shape index (κ1) is 21.0. The van der Waals surface area contributed by atoms with Gasteiger partial charge in [-0.3, -0.25) is 4.79 Å². The van der Waals surface area contributed by atoms with Crippen LogP contribution in [-0.2, 0) is 4.79 Å². The predicted octanol–water partition coefficient (Wildman–Crippen LogP) is 5.22. The molecule has 0 saturated carbocycles. The van der Waals surface area contributed by atoms with E-state index in [9.17, 15) is 4.79 Å². The van der Waals surface area contributed by atoms with Crippen LogP contribution in [0.4, 0.5) is 11.5 Å². The Labute approximate surface area is 192 Å². The minimum atomic E-state index is -0.0347. The fourth-order valence-corrected chi connectivity index (χ4v) is 4.31. The Morgan fingerprint density at radius 3 is 2.64 bits per heavy atom. The Morgan fingerprint density at radius 2 is 1.85 bits per heavy atom. The largest absolute Gasteiger partial charge is 0.457 e. The molecule has 1 amide bonds. The number of carbonyl (C=O) groups excluding carboxylic acids is 1. The van der Waals surface area contributed by atoms with E-state index in [1.165, 1.54) is 5.56 Å². The second-order valence-electron chi connectivity index (χ2n) is 8.59. The van der Waals surface area contributed by atoms with E-state index in [4.69, 9.17) is 4.74 Å². The van der Waals surface area contributed by atoms with Gasteiger partial charge in [0.25, 0.3) is 0 Å². The number of piperidine rings is 1. The number of anilines is 2. The van der Waals surface area contributed by atoms with Crippen molar-refractivity contribution in [1.29, 1.82) is 0 Å². The van der Waals surface area contributed by atoms with Crippen molar-refractivity contribution in [3.8, 4) is 11.5 Å². The number of benzene rings is 2. The monoisotopic (exact) mass is 441 g/mol. The smallest absolute Gasteiger partial charge is 0.227 e. The van der Waals surface area contributed by atoms with Crippen LogP contribution in [0.5, 0.6) is 11.5 Å². The van der Waals surface area contributed by atoms with Crippen LogP contribution >= 0.6 is 0 Å². The quantitative estimate of drug-likeness (QED) is 0.444. The molecule has 0 radical (unpaired) electrons. The molecule has 33 heavy (non-hydrogen) atoms. The van der Waals surface area contributed by atoms with Gasteiger partial charge in [-0.25, -0.2) is 9.97 Å². The summed E-state index contributed by atoms with van der Waals surface area (Å²) in [4.78, 5) is 27.2. The lowest BCUT2D eigenvalue weighted by molar-refractivity contribution is -0.120. The summed E-state index contributed by atoms with van der Waals surface area (Å²) in [5.41, 5.74) is 3.91. The minimum Gasteiger partial charge on any atom is -0.457 e. The first-order chi connectivity index (χ1) is 16.1. The summed E-state index contributed by atoms with van der Waals surface area (Å²) in [6.45, 7) is 5.67. The molecule has 7 nitrogen and oxygen atoms in total. The van der Waals surface area contributed by atoms with E-state index in [-0.39, 0.29) is 11.8 Å². The molecule has 0 atom stereocenters. The number of H-pyrrole nitrogens is 1. The number of aromatic amines is 1. The highest BCUT2D eigenvalue weighted by atomic mass is 16.5. The van der Waals surface area contributed by atoms with Crippen LogP contribution in [0.1, 0.15) is 24.0 Å². The number of aromatic nitrogens is 3. The molecule has 5 rings (SSSR count). The summed E-state index contributed by atoms with van der Waals surface area (Å²) in [5, 5.41) is 4.13. The molecule has 4 aromatic rings. The maximum atomic E-state index is 12.9. The Morgan fingerprint density at radius 1 is 1.06 bits per heavy atom. The normalized spacial score (nSPS) is 14.4. The van der Waals surface area contributed by atoms with Gasteiger partial charge in [0.2, 0.25) is 5.91 Å². The van der Waals surface area contributed by atoms with Crippen molar-refractivity contribution in [2.45, 2.75) is 26.7 Å². The number of aryl methyl sites for hydroxylation is 2. The van der Waals surface area contributed by atoms with Crippen molar-refractivity contribution in [1.82, 2.24) is 15.0 Å². The highest BCUT2D eigenvalue weighted by Gasteiger charge is 2.27. The number of fused-ring (bicyclic) bond motifs is 1. The molecule has 168 valence electrons. The standard InChI is InChI=1S/C26H27N5O2/c1-17-6-8-21(9-7-17)33-22-5-3-4-20(14-22)30-26(32)19-10-12-31(13-11-19)25-23-18(2)15-27-24(23)28-16-29-25/h3-9,14-16,19H,10-13H2,1-2H3,(H,30,32)(H,27,28,29). The summed E-state index contributed by atoms with van der Waals surface area (Å²) in [6.07, 6.45) is 5.11. The molecule has 2 aromatic carbocycles. The van der Waals surface area contributed by atoms with Gasteiger partial charge in [-0.2, -0.15) is 0 Å². The number of nitrogens with zero attached hydrogens (tertiary/aromatic N) is 3. The molecule has 0 aliphatic carbocycles. The third kappa shape index (κ3) is 4.53. The fourth-order valence-electron chi connectivity index (χ4n) is 4.31. The van der Waals surface area contributed by atoms with Crippen LogP contribution in [0.15, 0.2) is 61.1 Å². The zero-order valence-corrected chi connectivity index (χ0v) is 18.8. The van der Waals surface area contributed by atoms with E-state index < -0.39 is 0 Å². The average Bonchev–Trinajstić information content (AvgIpc) is 3.22. The van der Waals surface area contributed by atoms with E-state index in [0.717, 1.165) is 59.8 Å². The van der Waals surface area contributed by atoms with E-state index in [2.05, 4.69) is 32.1 Å². The number of rotatable bonds is 5. The summed E-state index contributed by atoms with van der Waals surface area (Å²) >= 11 is 0. The topological polar surface area (TPSA) is 83.1 Å². The molecule has 2 aromatic heterocycles. The van der Waals surface area contributed by atoms with Crippen LogP contribution in [0.2, 0.25) is 0 Å². The predicted molar refractivity (Wildman–Crippen MR) is 130 cm³/mol. The SMILES string of the molecule is Cc1ccc(Oc2cccc(NC(=O)C3CCN(c4ncnc5[nH]cc(C)c45)CC3)c2)cc1. The van der Waals surface area contributed by atoms with Crippen molar-refractivity contribution >= 4 is 28.4 Å². The van der Waals surface area contributed by atoms with Crippen molar-refractivity contribution < 1.29 is 9.53 Å². The van der Waals surface area contributed by atoms with Gasteiger partial charge in [-0.1, -0.05) is 23.8 Å². The minimum absolute atomic E-state index is 0.0347. The lowest BCUT2D eigenvalue weighted by Gasteiger charge is -2.32. The lowest BCUT2D eigenvalue weighted by Crippen LogP contribution is -2.38. The number of hydrogen-bond donors (Lipinski definition) is 2. The zero-order valence-electron chi connectivity index (χ0n) is 18.8. The van der Waals surface area contributed by atoms with E-state index >= 15 is 0 Å². The third-order valence-electron chi connectivity index (χ3n) is 6.17. The number of ether oxygens (including phenoxy) is 1. The second-order valence-corrected chi connectivity index (χ2v) is 8.59. The zero-order chi connectivity index (χ0) is 22.8. The first-order valence-corrected chi connectivity index (χ1v) is 11.3. The van der Waals surface area contributed by atoms with Gasteiger partial charge in [-0.05, 0) is 56.5 Å². The van der Waals surface area contributed by atoms with Crippen molar-refractivity contribution in [2.24, 2.45) is 5.92 Å². The maximum Gasteiger partial charge on any atom is 0.227 e. The number of nitrogens with one attached hydrogen (secondary N) is 2. The van der Waals surface area contributed by atoms with E-state index in [0.29, 0.717) is 5.75 Å². The fraction of sp³-hybridized carbons (Fsp3) is 0.269. The van der Waals surface area contributed by atoms with Crippen LogP contribution in [0.25, 0.3) is 11.0 Å². The highest BCUT2D eigenvalue weighted by molar-refractivity contribution is 5.93. The van der Waals surface area contributed by atoms with Crippen molar-refractivity contribution in [2.75, 3.05) is 23.3 Å². The first-order valence-electron chi connectivity index (χ1n) is 11.3. The molecule has 3 heterocycles. The van der Waals surface area contributed by atoms with Gasteiger partial charge < -0.3 is 19.9 Å². The molecule has 1 fully saturated rings. The second kappa shape index (κ2) is 8.94. The van der Waals surface area contributed by atoms with E-state index in [1.807, 2.05) is 61.7 Å². The van der Waals surface area contributed by atoms with Gasteiger partial charge in [0, 0.05) is 37.0 Å². The average molecular weight is 442 g/mol. The molecule has 1 aliphatic rings. The Kier molecular flexibility index (Phi) is 5.69. The summed E-state index contributed by atoms with van der Waals surface area (Å²) in [7, 11) is 0. The maximum absolute atomic E-state index is 12.9. The van der Waals surface area contributed by atoms with Crippen LogP contribution in [-0.4, -0.2) is 33.9 Å². The molecular formula is C26H27N5O2. The molecular weight excluding hydrogens is 414 g/mol. The summed E-state index contributed by atoms with van der Waals surface area (Å²) in [6, 6.07) is 15.4. The Balaban J connectivity index is 1.21. The van der Waals surface area contributed by atoms with Crippen LogP contribution in [0.3, 0.4) is 0 Å². The summed E-state index contributed by atoms with van der Waals surface area (Å²) in [5.74, 6) is 2.42. The Bertz CT molecular complexity index is 1270. The number of hydrogen-bond acceptors (Lipinski definition) is 5. The van der Waals surface area contributed by atoms with Crippen molar-refractivity contribution in [3.05, 3.63) is 72.2 Å². The van der Waals surface area contributed by atoms with E-state index in [1.54, 1.807) is 6.33 Å². The molecule has 7 heteroatoms. The van der Waals surface area contributed by atoms with Crippen LogP contribution in [0, 0.1) is 19.8 Å². The molecule has 0 unspecified atom stereocenters. The molecule has 0 bridgehead atoms. The molecule has 0 spiro atoms. The molecule has 2 N–H and O–H groups in total. The Hall–Kier alpha value is -3.87. The third-order valence-corrected chi connectivity index (χ3v) is 6.17. The number of carbonyl (C=O) groups is 1. The van der Waals surface area contributed by atoms with Gasteiger partial charge in [0.15, 0.2) is 0 Å². The van der Waals surface area contributed by atoms with Gasteiger partial charge in [0.1, 0.15) is 29.3 Å². The highest BCUT2D eigenvalue weighted by Crippen LogP contribution is 2.30. The molecule has 1 aliphatic heterocycles. The lowest BCUT2D eigenvalue weighted by atomic mass is 9.95. The van der Waals surface area contributed by atoms with Crippen molar-refractivity contribution in [3.63, 3.8) is 0 Å². The van der Waals surface area contributed by atoms with Gasteiger partial charge in [-0.15, -0.1) is 0 Å².